The first-order valence-corrected chi connectivity index (χ1v) is 37.6. The van der Waals surface area contributed by atoms with Crippen LogP contribution in [0, 0.1) is 27.7 Å². The van der Waals surface area contributed by atoms with Gasteiger partial charge in [0.2, 0.25) is 0 Å². The van der Waals surface area contributed by atoms with Gasteiger partial charge in [0.25, 0.3) is 0 Å². The summed E-state index contributed by atoms with van der Waals surface area (Å²) < 4.78 is 38.0. The van der Waals surface area contributed by atoms with Gasteiger partial charge in [-0.3, -0.25) is 24.3 Å². The van der Waals surface area contributed by atoms with E-state index in [1.165, 1.54) is 33.9 Å². The molecule has 0 unspecified atom stereocenters. The molecule has 8 heterocycles. The minimum atomic E-state index is -0.599. The summed E-state index contributed by atoms with van der Waals surface area (Å²) in [5.74, 6) is 3.66. The maximum Gasteiger partial charge on any atom is 0.414 e. The molecule has 98 heavy (non-hydrogen) atoms. The number of anilines is 4. The normalized spacial score (nSPS) is 16.8. The van der Waals surface area contributed by atoms with Gasteiger partial charge in [0.15, 0.2) is 0 Å². The number of rotatable bonds is 9. The Balaban J connectivity index is 0.000000143. The summed E-state index contributed by atoms with van der Waals surface area (Å²) in [5.41, 5.74) is 7.10. The molecule has 0 radical (unpaired) electrons. The molecule has 4 aromatic heterocycles. The highest BCUT2D eigenvalue weighted by atomic mass is 35.5. The molecule has 4 atom stereocenters. The van der Waals surface area contributed by atoms with Gasteiger partial charge in [0.1, 0.15) is 46.4 Å². The van der Waals surface area contributed by atoms with Crippen LogP contribution >= 0.6 is 91.8 Å². The van der Waals surface area contributed by atoms with Crippen LogP contribution in [0.1, 0.15) is 147 Å². The highest BCUT2D eigenvalue weighted by Crippen LogP contribution is 2.53. The van der Waals surface area contributed by atoms with Crippen LogP contribution in [-0.4, -0.2) is 102 Å². The largest absolute Gasteiger partial charge is 0.507 e. The van der Waals surface area contributed by atoms with E-state index in [0.717, 1.165) is 91.3 Å². The minimum Gasteiger partial charge on any atom is -0.507 e. The van der Waals surface area contributed by atoms with E-state index in [1.807, 2.05) is 131 Å². The molecule has 5 aromatic carbocycles. The zero-order chi connectivity index (χ0) is 71.2. The molecule has 0 fully saturated rings. The first-order valence-electron chi connectivity index (χ1n) is 32.2. The SMILES string of the molecule is CC(=O)Oc1cc2c(c3sc(C)cc13)[C@H](CCl)CN2.CC(=O)Oc1cc2c(c3sc(C)cc13)[C@H](CCl)CN2C(=O)OC(C)(C)C.Cc1cc2c(O)cc3c(c2s1)[C@H](CCl)CN3C(=O)OC(C)(C)C.Cc1cc2c(OCc3ccccc3)cc3c(c2s1)[C@H](CCl)CN3C(=O)OC(C)(C)C. The standard InChI is InChI=1S/C24H26ClNO3S.C19H22ClNO4S.C17H20ClNO3S.C14H14ClNO2S/c1-15-10-18-20(28-14-16-8-6-5-7-9-16)11-19-21(22(18)30-15)17(12-25)13-26(19)23(27)29-24(2,3)4;1-10-6-13-15(24-11(2)22)7-14-16(17(13)26-10)12(8-20)9-21(14)18(23)25-19(3,4)5;1-9-5-11-13(20)6-12-14(15(11)23-9)10(7-18)8-19(12)16(21)22-17(2,3)4;1-7-3-10-12(18-8(2)17)4-11-13(14(10)19-7)9(5-15)6-16-11/h5-11,17H,12-14H2,1-4H3;6-7,12H,8-9H2,1-5H3;5-6,10,20H,7-8H2,1-4H3;3-4,9,16H,5-6H2,1-2H3/t17-;12-;10-;9-/m1111/s1. The molecule has 3 amide bonds. The van der Waals surface area contributed by atoms with Gasteiger partial charge >= 0.3 is 30.2 Å². The van der Waals surface area contributed by atoms with Gasteiger partial charge in [0, 0.05) is 194 Å². The average molecular weight is 1490 g/mol. The number of nitrogens with one attached hydrogen (secondary N) is 1. The van der Waals surface area contributed by atoms with Crippen molar-refractivity contribution >= 4 is 185 Å². The number of ether oxygens (including phenoxy) is 6. The van der Waals surface area contributed by atoms with E-state index < -0.39 is 35.0 Å². The maximum absolute atomic E-state index is 12.9. The van der Waals surface area contributed by atoms with Crippen LogP contribution in [0.5, 0.6) is 23.0 Å². The van der Waals surface area contributed by atoms with Crippen LogP contribution in [0.25, 0.3) is 40.3 Å². The topological polar surface area (TPSA) is 183 Å². The summed E-state index contributed by atoms with van der Waals surface area (Å²) >= 11 is 31.4. The minimum absolute atomic E-state index is 0.00566. The number of amides is 3. The van der Waals surface area contributed by atoms with Gasteiger partial charge in [-0.2, -0.15) is 0 Å². The highest BCUT2D eigenvalue weighted by Gasteiger charge is 2.41. The Morgan fingerprint density at radius 1 is 0.480 bits per heavy atom. The number of esters is 2. The van der Waals surface area contributed by atoms with Crippen molar-refractivity contribution < 1.29 is 57.5 Å². The molecule has 0 spiro atoms. The number of phenolic OH excluding ortho intramolecular Hbond substituents is 1. The van der Waals surface area contributed by atoms with E-state index in [9.17, 15) is 29.1 Å². The van der Waals surface area contributed by atoms with Crippen molar-refractivity contribution in [3.8, 4) is 23.0 Å². The molecular weight excluding hydrogens is 1410 g/mol. The van der Waals surface area contributed by atoms with E-state index in [2.05, 4.69) is 31.3 Å². The Bertz CT molecular complexity index is 4530. The Morgan fingerprint density at radius 2 is 0.827 bits per heavy atom. The zero-order valence-electron chi connectivity index (χ0n) is 57.6. The number of aromatic hydroxyl groups is 1. The van der Waals surface area contributed by atoms with Crippen molar-refractivity contribution in [3.05, 3.63) is 126 Å². The summed E-state index contributed by atoms with van der Waals surface area (Å²) in [6.07, 6.45) is -1.18. The first kappa shape index (κ1) is 74.0. The second-order valence-corrected chi connectivity index (χ2v) is 34.0. The number of benzene rings is 5. The molecule has 16 nitrogen and oxygen atoms in total. The summed E-state index contributed by atoms with van der Waals surface area (Å²) in [6, 6.07) is 25.6. The third-order valence-electron chi connectivity index (χ3n) is 16.3. The van der Waals surface area contributed by atoms with Gasteiger partial charge < -0.3 is 38.8 Å². The predicted octanol–water partition coefficient (Wildman–Crippen LogP) is 21.0. The third-order valence-corrected chi connectivity index (χ3v) is 22.1. The quantitative estimate of drug-likeness (QED) is 0.0603. The summed E-state index contributed by atoms with van der Waals surface area (Å²) in [5, 5.41) is 17.5. The third kappa shape index (κ3) is 16.3. The fraction of sp³-hybridized carbons (Fsp3) is 0.419. The molecule has 0 bridgehead atoms. The van der Waals surface area contributed by atoms with Crippen LogP contribution in [0.3, 0.4) is 0 Å². The van der Waals surface area contributed by atoms with Gasteiger partial charge in [-0.1, -0.05) is 30.3 Å². The number of phenols is 1. The number of aryl methyl sites for hydroxylation is 4. The highest BCUT2D eigenvalue weighted by molar-refractivity contribution is 7.20. The fourth-order valence-electron chi connectivity index (χ4n) is 12.5. The van der Waals surface area contributed by atoms with Crippen LogP contribution in [0.15, 0.2) is 78.9 Å². The van der Waals surface area contributed by atoms with E-state index in [1.54, 1.807) is 72.2 Å². The van der Waals surface area contributed by atoms with Crippen LogP contribution in [0.4, 0.5) is 37.1 Å². The monoisotopic (exact) mass is 1490 g/mol. The number of carbonyl (C=O) groups is 5. The summed E-state index contributed by atoms with van der Waals surface area (Å²) in [7, 11) is 0. The van der Waals surface area contributed by atoms with Gasteiger partial charge in [-0.15, -0.1) is 91.8 Å². The van der Waals surface area contributed by atoms with Crippen molar-refractivity contribution in [2.45, 2.75) is 151 Å². The Morgan fingerprint density at radius 3 is 1.21 bits per heavy atom. The molecule has 13 rings (SSSR count). The number of fused-ring (bicyclic) bond motifs is 12. The molecule has 0 saturated carbocycles. The summed E-state index contributed by atoms with van der Waals surface area (Å²) in [6.45, 7) is 30.3. The first-order chi connectivity index (χ1) is 46.2. The molecule has 0 saturated heterocycles. The average Bonchev–Trinajstić information content (AvgIpc) is 1.60. The van der Waals surface area contributed by atoms with Gasteiger partial charge in [-0.05, 0) is 125 Å². The molecule has 4 aliphatic heterocycles. The lowest BCUT2D eigenvalue weighted by Gasteiger charge is -2.25. The summed E-state index contributed by atoms with van der Waals surface area (Å²) in [4.78, 5) is 70.5. The second kappa shape index (κ2) is 29.8. The maximum atomic E-state index is 12.9. The van der Waals surface area contributed by atoms with Gasteiger partial charge in [-0.25, -0.2) is 14.4 Å². The van der Waals surface area contributed by atoms with Gasteiger partial charge in [0.05, 0.1) is 17.1 Å². The van der Waals surface area contributed by atoms with Crippen LogP contribution in [-0.2, 0) is 30.4 Å². The van der Waals surface area contributed by atoms with E-state index >= 15 is 0 Å². The number of hydrogen-bond acceptors (Lipinski definition) is 17. The Hall–Kier alpha value is -6.75. The molecular formula is C74H82Cl4N4O12S4. The second-order valence-electron chi connectivity index (χ2n) is 27.7. The molecule has 9 aromatic rings. The van der Waals surface area contributed by atoms with E-state index in [-0.39, 0.29) is 35.6 Å². The lowest BCUT2D eigenvalue weighted by Crippen LogP contribution is -2.36. The molecule has 2 N–H and O–H groups in total. The molecule has 0 aliphatic carbocycles. The molecule has 522 valence electrons. The number of thiophene rings is 4. The lowest BCUT2D eigenvalue weighted by molar-refractivity contribution is -0.132. The number of hydrogen-bond donors (Lipinski definition) is 2. The van der Waals surface area contributed by atoms with Crippen LogP contribution in [0.2, 0.25) is 0 Å². The zero-order valence-corrected chi connectivity index (χ0v) is 63.9. The van der Waals surface area contributed by atoms with E-state index in [0.29, 0.717) is 78.6 Å². The van der Waals surface area contributed by atoms with Crippen molar-refractivity contribution in [1.29, 1.82) is 0 Å². The smallest absolute Gasteiger partial charge is 0.414 e. The molecule has 4 aliphatic rings. The van der Waals surface area contributed by atoms with Crippen LogP contribution < -0.4 is 34.2 Å². The Labute approximate surface area is 607 Å². The van der Waals surface area contributed by atoms with Crippen molar-refractivity contribution in [1.82, 2.24) is 0 Å². The number of halogens is 4. The van der Waals surface area contributed by atoms with Crippen molar-refractivity contribution in [2.75, 3.05) is 69.7 Å². The Kier molecular flexibility index (Phi) is 22.5. The lowest BCUT2D eigenvalue weighted by atomic mass is 10.0. The van der Waals surface area contributed by atoms with Crippen molar-refractivity contribution in [2.24, 2.45) is 0 Å². The number of carbonyl (C=O) groups excluding carboxylic acids is 5. The van der Waals surface area contributed by atoms with E-state index in [4.69, 9.17) is 74.8 Å². The molecule has 24 heteroatoms. The number of alkyl halides is 4. The fourth-order valence-corrected chi connectivity index (χ4v) is 18.1. The number of nitrogens with zero attached hydrogens (tertiary/aromatic N) is 3. The van der Waals surface area contributed by atoms with Crippen molar-refractivity contribution in [3.63, 3.8) is 0 Å². The predicted molar refractivity (Wildman–Crippen MR) is 404 cm³/mol.